The average Bonchev–Trinajstić information content (AvgIpc) is 2.38. The van der Waals surface area contributed by atoms with Crippen molar-refractivity contribution in [1.29, 1.82) is 0 Å². The van der Waals surface area contributed by atoms with Crippen LogP contribution in [0.2, 0.25) is 5.02 Å². The number of aryl methyl sites for hydroxylation is 1. The first-order valence-corrected chi connectivity index (χ1v) is 6.18. The molecule has 0 saturated carbocycles. The summed E-state index contributed by atoms with van der Waals surface area (Å²) in [5.74, 6) is -0.0809. The number of nitrogens with two attached hydrogens (primary N) is 1. The second-order valence-corrected chi connectivity index (χ2v) is 4.53. The van der Waals surface area contributed by atoms with Crippen LogP contribution in [0, 0.1) is 0 Å². The Bertz CT molecular complexity index is 576. The predicted octanol–water partition coefficient (Wildman–Crippen LogP) is 3.72. The smallest absolute Gasteiger partial charge is 0.194 e. The number of carbonyl (C=O) groups is 1. The van der Waals surface area contributed by atoms with Gasteiger partial charge >= 0.3 is 0 Å². The van der Waals surface area contributed by atoms with Gasteiger partial charge in [0.15, 0.2) is 5.78 Å². The van der Waals surface area contributed by atoms with Gasteiger partial charge in [0, 0.05) is 16.8 Å². The van der Waals surface area contributed by atoms with Crippen LogP contribution < -0.4 is 5.73 Å². The van der Waals surface area contributed by atoms with Crippen LogP contribution in [0.15, 0.2) is 42.5 Å². The summed E-state index contributed by atoms with van der Waals surface area (Å²) < 4.78 is 0. The maximum atomic E-state index is 12.3. The first kappa shape index (κ1) is 12.7. The van der Waals surface area contributed by atoms with E-state index in [4.69, 9.17) is 17.3 Å². The summed E-state index contributed by atoms with van der Waals surface area (Å²) in [5.41, 5.74) is 8.49. The number of hydrogen-bond donors (Lipinski definition) is 1. The fourth-order valence-electron chi connectivity index (χ4n) is 1.76. The normalized spacial score (nSPS) is 10.3. The summed E-state index contributed by atoms with van der Waals surface area (Å²) in [4.78, 5) is 12.3. The number of anilines is 1. The Kier molecular flexibility index (Phi) is 3.68. The number of carbonyl (C=O) groups excluding carboxylic acids is 1. The zero-order valence-corrected chi connectivity index (χ0v) is 10.9. The molecule has 0 radical (unpaired) electrons. The molecule has 3 heteroatoms. The second-order valence-electron chi connectivity index (χ2n) is 4.12. The molecule has 18 heavy (non-hydrogen) atoms. The van der Waals surface area contributed by atoms with Crippen molar-refractivity contribution in [3.8, 4) is 0 Å². The molecule has 2 N–H and O–H groups in total. The summed E-state index contributed by atoms with van der Waals surface area (Å²) in [6, 6.07) is 12.5. The third kappa shape index (κ3) is 2.54. The molecule has 0 aliphatic carbocycles. The van der Waals surface area contributed by atoms with E-state index in [2.05, 4.69) is 6.92 Å². The van der Waals surface area contributed by atoms with E-state index in [1.165, 1.54) is 5.56 Å². The highest BCUT2D eigenvalue weighted by Gasteiger charge is 2.12. The molecule has 0 aliphatic heterocycles. The molecule has 0 amide bonds. The van der Waals surface area contributed by atoms with Crippen molar-refractivity contribution in [3.63, 3.8) is 0 Å². The topological polar surface area (TPSA) is 43.1 Å². The van der Waals surface area contributed by atoms with E-state index < -0.39 is 0 Å². The van der Waals surface area contributed by atoms with E-state index in [-0.39, 0.29) is 5.78 Å². The van der Waals surface area contributed by atoms with Crippen LogP contribution in [0.3, 0.4) is 0 Å². The van der Waals surface area contributed by atoms with Crippen LogP contribution in [-0.4, -0.2) is 5.78 Å². The fraction of sp³-hybridized carbons (Fsp3) is 0.133. The molecule has 2 nitrogen and oxygen atoms in total. The SMILES string of the molecule is CCc1ccc(C(=O)c2ccc(N)cc2Cl)cc1. The molecule has 0 fully saturated rings. The van der Waals surface area contributed by atoms with Crippen molar-refractivity contribution < 1.29 is 4.79 Å². The van der Waals surface area contributed by atoms with E-state index in [0.717, 1.165) is 6.42 Å². The number of hydrogen-bond acceptors (Lipinski definition) is 2. The van der Waals surface area contributed by atoms with Crippen LogP contribution in [0.1, 0.15) is 28.4 Å². The molecule has 0 spiro atoms. The van der Waals surface area contributed by atoms with E-state index in [1.54, 1.807) is 18.2 Å². The van der Waals surface area contributed by atoms with Gasteiger partial charge in [0.2, 0.25) is 0 Å². The van der Waals surface area contributed by atoms with Gasteiger partial charge in [-0.1, -0.05) is 42.8 Å². The maximum absolute atomic E-state index is 12.3. The first-order valence-electron chi connectivity index (χ1n) is 5.80. The molecule has 0 bridgehead atoms. The van der Waals surface area contributed by atoms with Gasteiger partial charge in [-0.15, -0.1) is 0 Å². The molecule has 0 unspecified atom stereocenters. The lowest BCUT2D eigenvalue weighted by atomic mass is 10.0. The summed E-state index contributed by atoms with van der Waals surface area (Å²) in [6.07, 6.45) is 0.955. The van der Waals surface area contributed by atoms with Gasteiger partial charge in [-0.25, -0.2) is 0 Å². The first-order chi connectivity index (χ1) is 8.61. The molecule has 92 valence electrons. The van der Waals surface area contributed by atoms with Gasteiger partial charge in [0.25, 0.3) is 0 Å². The standard InChI is InChI=1S/C15H14ClNO/c1-2-10-3-5-11(6-4-10)15(18)13-8-7-12(17)9-14(13)16/h3-9H,2,17H2,1H3. The van der Waals surface area contributed by atoms with E-state index >= 15 is 0 Å². The van der Waals surface area contributed by atoms with Crippen LogP contribution in [0.25, 0.3) is 0 Å². The molecular weight excluding hydrogens is 246 g/mol. The maximum Gasteiger partial charge on any atom is 0.194 e. The molecule has 0 heterocycles. The van der Waals surface area contributed by atoms with Gasteiger partial charge < -0.3 is 5.73 Å². The lowest BCUT2D eigenvalue weighted by molar-refractivity contribution is 0.103. The Balaban J connectivity index is 2.35. The van der Waals surface area contributed by atoms with Crippen molar-refractivity contribution in [2.45, 2.75) is 13.3 Å². The average molecular weight is 260 g/mol. The summed E-state index contributed by atoms with van der Waals surface area (Å²) in [6.45, 7) is 2.08. The number of halogens is 1. The lowest BCUT2D eigenvalue weighted by Gasteiger charge is -2.05. The van der Waals surface area contributed by atoms with E-state index in [0.29, 0.717) is 21.8 Å². The third-order valence-corrected chi connectivity index (χ3v) is 3.17. The number of ketones is 1. The Morgan fingerprint density at radius 3 is 2.39 bits per heavy atom. The predicted molar refractivity (Wildman–Crippen MR) is 75.1 cm³/mol. The minimum atomic E-state index is -0.0809. The van der Waals surface area contributed by atoms with Crippen LogP contribution in [-0.2, 0) is 6.42 Å². The molecule has 2 rings (SSSR count). The van der Waals surface area contributed by atoms with Crippen molar-refractivity contribution in [1.82, 2.24) is 0 Å². The Labute approximate surface area is 111 Å². The van der Waals surface area contributed by atoms with Gasteiger partial charge in [0.1, 0.15) is 0 Å². The summed E-state index contributed by atoms with van der Waals surface area (Å²) in [7, 11) is 0. The molecule has 2 aromatic carbocycles. The third-order valence-electron chi connectivity index (χ3n) is 2.86. The van der Waals surface area contributed by atoms with Gasteiger partial charge in [-0.05, 0) is 30.2 Å². The number of benzene rings is 2. The van der Waals surface area contributed by atoms with Gasteiger partial charge in [-0.2, -0.15) is 0 Å². The monoisotopic (exact) mass is 259 g/mol. The fourth-order valence-corrected chi connectivity index (χ4v) is 2.04. The zero-order valence-electron chi connectivity index (χ0n) is 10.1. The Morgan fingerprint density at radius 2 is 1.83 bits per heavy atom. The zero-order chi connectivity index (χ0) is 13.1. The molecule has 0 atom stereocenters. The Hall–Kier alpha value is -1.80. The highest BCUT2D eigenvalue weighted by atomic mass is 35.5. The highest BCUT2D eigenvalue weighted by Crippen LogP contribution is 2.22. The lowest BCUT2D eigenvalue weighted by Crippen LogP contribution is -2.02. The van der Waals surface area contributed by atoms with E-state index in [1.807, 2.05) is 24.3 Å². The van der Waals surface area contributed by atoms with Crippen molar-refractivity contribution in [3.05, 3.63) is 64.2 Å². The number of nitrogen functional groups attached to an aromatic ring is 1. The number of rotatable bonds is 3. The second kappa shape index (κ2) is 5.23. The van der Waals surface area contributed by atoms with Crippen molar-refractivity contribution in [2.24, 2.45) is 0 Å². The largest absolute Gasteiger partial charge is 0.399 e. The molecule has 2 aromatic rings. The quantitative estimate of drug-likeness (QED) is 0.674. The summed E-state index contributed by atoms with van der Waals surface area (Å²) in [5, 5.41) is 0.388. The minimum Gasteiger partial charge on any atom is -0.399 e. The minimum absolute atomic E-state index is 0.0809. The van der Waals surface area contributed by atoms with Gasteiger partial charge in [-0.3, -0.25) is 4.79 Å². The van der Waals surface area contributed by atoms with E-state index in [9.17, 15) is 4.79 Å². The summed E-state index contributed by atoms with van der Waals surface area (Å²) >= 11 is 6.03. The highest BCUT2D eigenvalue weighted by molar-refractivity contribution is 6.35. The Morgan fingerprint density at radius 1 is 1.17 bits per heavy atom. The van der Waals surface area contributed by atoms with Crippen LogP contribution in [0.5, 0.6) is 0 Å². The molecular formula is C15H14ClNO. The van der Waals surface area contributed by atoms with Crippen LogP contribution in [0.4, 0.5) is 5.69 Å². The molecule has 0 saturated heterocycles. The molecule has 0 aromatic heterocycles. The van der Waals surface area contributed by atoms with Gasteiger partial charge in [0.05, 0.1) is 5.02 Å². The van der Waals surface area contributed by atoms with Crippen molar-refractivity contribution in [2.75, 3.05) is 5.73 Å². The molecule has 0 aliphatic rings. The van der Waals surface area contributed by atoms with Crippen LogP contribution >= 0.6 is 11.6 Å². The van der Waals surface area contributed by atoms with Crippen molar-refractivity contribution >= 4 is 23.1 Å².